The molecule has 2 atom stereocenters. The number of nitriles is 1. The zero-order valence-electron chi connectivity index (χ0n) is 18.2. The van der Waals surface area contributed by atoms with Crippen molar-refractivity contribution in [2.75, 3.05) is 13.2 Å². The molecule has 0 saturated heterocycles. The van der Waals surface area contributed by atoms with Crippen LogP contribution >= 0.6 is 0 Å². The molecule has 1 amide bonds. The average Bonchev–Trinajstić information content (AvgIpc) is 3.60. The van der Waals surface area contributed by atoms with Gasteiger partial charge in [0.15, 0.2) is 5.78 Å². The highest BCUT2D eigenvalue weighted by Gasteiger charge is 2.50. The standard InChI is InChI=1S/C27H28N2O3/c1-2-15-32-26(31)29(24-16-23(24)21-7-4-3-5-8-21)19-27(13-6-14-27)17-25(30)22-11-9-20(18-28)10-12-22/h2-5,7-12,23-24H,1,6,13-17,19H2/t23?,24-/m0/s1. The molecule has 0 heterocycles. The third-order valence-corrected chi connectivity index (χ3v) is 6.74. The van der Waals surface area contributed by atoms with Crippen molar-refractivity contribution in [3.8, 4) is 6.07 Å². The van der Waals surface area contributed by atoms with Gasteiger partial charge in [-0.05, 0) is 42.4 Å². The predicted molar refractivity (Wildman–Crippen MR) is 122 cm³/mol. The Balaban J connectivity index is 1.49. The van der Waals surface area contributed by atoms with Crippen molar-refractivity contribution in [3.63, 3.8) is 0 Å². The smallest absolute Gasteiger partial charge is 0.410 e. The Morgan fingerprint density at radius 3 is 2.47 bits per heavy atom. The van der Waals surface area contributed by atoms with E-state index < -0.39 is 0 Å². The van der Waals surface area contributed by atoms with Gasteiger partial charge in [-0.2, -0.15) is 5.26 Å². The van der Waals surface area contributed by atoms with Crippen LogP contribution in [0.5, 0.6) is 0 Å². The number of hydrogen-bond acceptors (Lipinski definition) is 4. The number of amides is 1. The van der Waals surface area contributed by atoms with E-state index in [-0.39, 0.29) is 29.9 Å². The van der Waals surface area contributed by atoms with Gasteiger partial charge in [0, 0.05) is 30.5 Å². The van der Waals surface area contributed by atoms with Crippen molar-refractivity contribution in [1.29, 1.82) is 5.26 Å². The van der Waals surface area contributed by atoms with E-state index >= 15 is 0 Å². The van der Waals surface area contributed by atoms with Gasteiger partial charge in [-0.25, -0.2) is 4.79 Å². The molecule has 2 aromatic rings. The maximum atomic E-state index is 13.0. The fraction of sp³-hybridized carbons (Fsp3) is 0.370. The minimum absolute atomic E-state index is 0.0593. The number of ether oxygens (including phenoxy) is 1. The summed E-state index contributed by atoms with van der Waals surface area (Å²) < 4.78 is 5.42. The minimum atomic E-state index is -0.328. The summed E-state index contributed by atoms with van der Waals surface area (Å²) in [6, 6.07) is 19.2. The van der Waals surface area contributed by atoms with Crippen LogP contribution in [0, 0.1) is 16.7 Å². The topological polar surface area (TPSA) is 70.4 Å². The molecular formula is C27H28N2O3. The van der Waals surface area contributed by atoms with Gasteiger partial charge >= 0.3 is 6.09 Å². The van der Waals surface area contributed by atoms with Crippen LogP contribution < -0.4 is 0 Å². The first-order valence-corrected chi connectivity index (χ1v) is 11.2. The molecule has 0 bridgehead atoms. The second-order valence-electron chi connectivity index (χ2n) is 8.96. The SMILES string of the molecule is C=CCOC(=O)N(CC1(CC(=O)c2ccc(C#N)cc2)CCC1)[C@H]1CC1c1ccccc1. The monoisotopic (exact) mass is 428 g/mol. The summed E-state index contributed by atoms with van der Waals surface area (Å²) in [5, 5.41) is 8.98. The number of carbonyl (C=O) groups excluding carboxylic acids is 2. The number of Topliss-reactive ketones (excluding diaryl/α,β-unsaturated/α-hetero) is 1. The second kappa shape index (κ2) is 9.40. The molecule has 2 aromatic carbocycles. The highest BCUT2D eigenvalue weighted by Crippen LogP contribution is 2.50. The van der Waals surface area contributed by atoms with Crippen LogP contribution in [0.15, 0.2) is 67.3 Å². The lowest BCUT2D eigenvalue weighted by Crippen LogP contribution is -2.47. The van der Waals surface area contributed by atoms with Crippen LogP contribution in [0.1, 0.15) is 59.5 Å². The Morgan fingerprint density at radius 2 is 1.88 bits per heavy atom. The van der Waals surface area contributed by atoms with E-state index in [1.165, 1.54) is 5.56 Å². The lowest BCUT2D eigenvalue weighted by Gasteiger charge is -2.44. The second-order valence-corrected chi connectivity index (χ2v) is 8.96. The molecular weight excluding hydrogens is 400 g/mol. The Labute approximate surface area is 189 Å². The fourth-order valence-electron chi connectivity index (χ4n) is 4.72. The molecule has 1 unspecified atom stereocenters. The van der Waals surface area contributed by atoms with Gasteiger partial charge in [-0.15, -0.1) is 0 Å². The lowest BCUT2D eigenvalue weighted by atomic mass is 9.65. The summed E-state index contributed by atoms with van der Waals surface area (Å²) >= 11 is 0. The Kier molecular flexibility index (Phi) is 6.41. The van der Waals surface area contributed by atoms with E-state index in [0.29, 0.717) is 30.0 Å². The summed E-state index contributed by atoms with van der Waals surface area (Å²) in [5.74, 6) is 0.364. The molecule has 2 aliphatic rings. The van der Waals surface area contributed by atoms with Crippen molar-refractivity contribution in [3.05, 3.63) is 83.9 Å². The quantitative estimate of drug-likeness (QED) is 0.392. The molecule has 0 aromatic heterocycles. The molecule has 0 radical (unpaired) electrons. The summed E-state index contributed by atoms with van der Waals surface area (Å²) in [6.45, 7) is 4.34. The Morgan fingerprint density at radius 1 is 1.16 bits per heavy atom. The molecule has 5 heteroatoms. The van der Waals surface area contributed by atoms with Crippen molar-refractivity contribution in [2.45, 2.75) is 44.1 Å². The zero-order valence-corrected chi connectivity index (χ0v) is 18.2. The van der Waals surface area contributed by atoms with Crippen LogP contribution in [-0.2, 0) is 4.74 Å². The maximum Gasteiger partial charge on any atom is 0.410 e. The largest absolute Gasteiger partial charge is 0.445 e. The van der Waals surface area contributed by atoms with Gasteiger partial charge in [0.2, 0.25) is 0 Å². The van der Waals surface area contributed by atoms with Crippen LogP contribution in [-0.4, -0.2) is 36.0 Å². The van der Waals surface area contributed by atoms with Crippen molar-refractivity contribution in [1.82, 2.24) is 4.90 Å². The van der Waals surface area contributed by atoms with Crippen LogP contribution in [0.3, 0.4) is 0 Å². The number of carbonyl (C=O) groups is 2. The normalized spacial score (nSPS) is 20.3. The van der Waals surface area contributed by atoms with E-state index in [9.17, 15) is 9.59 Å². The van der Waals surface area contributed by atoms with Gasteiger partial charge in [0.1, 0.15) is 6.61 Å². The number of hydrogen-bond donors (Lipinski definition) is 0. The van der Waals surface area contributed by atoms with Crippen molar-refractivity contribution >= 4 is 11.9 Å². The van der Waals surface area contributed by atoms with Gasteiger partial charge < -0.3 is 9.64 Å². The Hall–Kier alpha value is -3.39. The van der Waals surface area contributed by atoms with Crippen LogP contribution in [0.2, 0.25) is 0 Å². The summed E-state index contributed by atoms with van der Waals surface area (Å²) in [5.41, 5.74) is 2.17. The van der Waals surface area contributed by atoms with Gasteiger partial charge in [-0.3, -0.25) is 4.79 Å². The molecule has 164 valence electrons. The van der Waals surface area contributed by atoms with E-state index in [1.807, 2.05) is 23.1 Å². The first-order chi connectivity index (χ1) is 15.5. The Bertz CT molecular complexity index is 1020. The minimum Gasteiger partial charge on any atom is -0.445 e. The first-order valence-electron chi connectivity index (χ1n) is 11.2. The molecule has 32 heavy (non-hydrogen) atoms. The molecule has 2 fully saturated rings. The summed E-state index contributed by atoms with van der Waals surface area (Å²) in [6.07, 6.45) is 5.45. The first kappa shape index (κ1) is 21.8. The number of rotatable bonds is 9. The van der Waals surface area contributed by atoms with E-state index in [2.05, 4.69) is 24.8 Å². The molecule has 0 N–H and O–H groups in total. The van der Waals surface area contributed by atoms with Gasteiger partial charge in [-0.1, -0.05) is 61.5 Å². The number of benzene rings is 2. The van der Waals surface area contributed by atoms with Crippen molar-refractivity contribution < 1.29 is 14.3 Å². The third-order valence-electron chi connectivity index (χ3n) is 6.74. The van der Waals surface area contributed by atoms with Gasteiger partial charge in [0.05, 0.1) is 11.6 Å². The third kappa shape index (κ3) is 4.75. The molecule has 4 rings (SSSR count). The van der Waals surface area contributed by atoms with E-state index in [1.54, 1.807) is 30.3 Å². The number of nitrogens with zero attached hydrogens (tertiary/aromatic N) is 2. The lowest BCUT2D eigenvalue weighted by molar-refractivity contribution is 0.0385. The molecule has 2 saturated carbocycles. The highest BCUT2D eigenvalue weighted by molar-refractivity contribution is 5.96. The maximum absolute atomic E-state index is 13.0. The highest BCUT2D eigenvalue weighted by atomic mass is 16.6. The van der Waals surface area contributed by atoms with Gasteiger partial charge in [0.25, 0.3) is 0 Å². The molecule has 5 nitrogen and oxygen atoms in total. The average molecular weight is 429 g/mol. The summed E-state index contributed by atoms with van der Waals surface area (Å²) in [7, 11) is 0. The van der Waals surface area contributed by atoms with Crippen LogP contribution in [0.25, 0.3) is 0 Å². The fourth-order valence-corrected chi connectivity index (χ4v) is 4.72. The molecule has 0 aliphatic heterocycles. The van der Waals surface area contributed by atoms with E-state index in [0.717, 1.165) is 25.7 Å². The molecule has 2 aliphatic carbocycles. The number of ketones is 1. The molecule has 0 spiro atoms. The van der Waals surface area contributed by atoms with E-state index in [4.69, 9.17) is 10.00 Å². The summed E-state index contributed by atoms with van der Waals surface area (Å²) in [4.78, 5) is 27.8. The van der Waals surface area contributed by atoms with Crippen molar-refractivity contribution in [2.24, 2.45) is 5.41 Å². The van der Waals surface area contributed by atoms with Crippen LogP contribution in [0.4, 0.5) is 4.79 Å². The predicted octanol–water partition coefficient (Wildman–Crippen LogP) is 5.48. The zero-order chi connectivity index (χ0) is 22.6.